The monoisotopic (exact) mass is 390 g/mol. The van der Waals surface area contributed by atoms with E-state index in [1.807, 2.05) is 32.0 Å². The van der Waals surface area contributed by atoms with Crippen LogP contribution in [0.4, 0.5) is 5.69 Å². The van der Waals surface area contributed by atoms with Crippen LogP contribution in [0.2, 0.25) is 0 Å². The van der Waals surface area contributed by atoms with E-state index in [0.717, 1.165) is 0 Å². The number of anilines is 1. The summed E-state index contributed by atoms with van der Waals surface area (Å²) in [6.07, 6.45) is 1.61. The molecule has 7 nitrogen and oxygen atoms in total. The molecular formula is C22H22N4O3. The molecule has 1 amide bonds. The number of amides is 1. The number of rotatable bonds is 5. The first-order valence-electron chi connectivity index (χ1n) is 9.01. The predicted octanol–water partition coefficient (Wildman–Crippen LogP) is 3.85. The quantitative estimate of drug-likeness (QED) is 0.759. The van der Waals surface area contributed by atoms with E-state index in [4.69, 9.17) is 16.0 Å². The van der Waals surface area contributed by atoms with Gasteiger partial charge in [0.2, 0.25) is 5.88 Å². The number of hydrogen-bond acceptors (Lipinski definition) is 5. The number of ether oxygens (including phenoxy) is 2. The largest absolute Gasteiger partial charge is 0.495 e. The molecule has 2 N–H and O–H groups in total. The van der Waals surface area contributed by atoms with Gasteiger partial charge in [-0.2, -0.15) is 0 Å². The molecule has 2 aromatic rings. The van der Waals surface area contributed by atoms with Crippen molar-refractivity contribution in [3.05, 3.63) is 82.2 Å². The molecule has 3 rings (SSSR count). The van der Waals surface area contributed by atoms with Gasteiger partial charge in [0.05, 0.1) is 32.4 Å². The van der Waals surface area contributed by atoms with Crippen molar-refractivity contribution in [1.29, 1.82) is 0 Å². The number of allylic oxidation sites excluding steroid dienone is 3. The Morgan fingerprint density at radius 2 is 1.90 bits per heavy atom. The maximum Gasteiger partial charge on any atom is 0.253 e. The summed E-state index contributed by atoms with van der Waals surface area (Å²) in [4.78, 5) is 21.3. The highest BCUT2D eigenvalue weighted by molar-refractivity contribution is 6.07. The number of carbonyl (C=O) groups excluding carboxylic acids is 1. The third-order valence-electron chi connectivity index (χ3n) is 4.75. The molecule has 0 radical (unpaired) electrons. The van der Waals surface area contributed by atoms with Crippen LogP contribution in [0.25, 0.3) is 4.85 Å². The molecule has 1 unspecified atom stereocenters. The lowest BCUT2D eigenvalue weighted by molar-refractivity contribution is -0.113. The molecule has 0 fully saturated rings. The number of nitrogens with one attached hydrogen (secondary N) is 2. The molecule has 2 heterocycles. The smallest absolute Gasteiger partial charge is 0.253 e. The van der Waals surface area contributed by atoms with Gasteiger partial charge in [0.15, 0.2) is 5.70 Å². The van der Waals surface area contributed by atoms with Crippen molar-refractivity contribution in [3.63, 3.8) is 0 Å². The van der Waals surface area contributed by atoms with Crippen molar-refractivity contribution in [1.82, 2.24) is 10.3 Å². The average molecular weight is 390 g/mol. The molecule has 0 spiro atoms. The van der Waals surface area contributed by atoms with Crippen molar-refractivity contribution >= 4 is 11.6 Å². The van der Waals surface area contributed by atoms with E-state index in [9.17, 15) is 4.79 Å². The van der Waals surface area contributed by atoms with Crippen LogP contribution in [0.5, 0.6) is 11.6 Å². The van der Waals surface area contributed by atoms with Gasteiger partial charge in [-0.1, -0.05) is 18.2 Å². The fourth-order valence-electron chi connectivity index (χ4n) is 3.47. The predicted molar refractivity (Wildman–Crippen MR) is 110 cm³/mol. The molecule has 0 aliphatic carbocycles. The zero-order chi connectivity index (χ0) is 21.0. The zero-order valence-corrected chi connectivity index (χ0v) is 16.7. The molecule has 1 aliphatic heterocycles. The van der Waals surface area contributed by atoms with Crippen molar-refractivity contribution in [2.75, 3.05) is 19.5 Å². The van der Waals surface area contributed by atoms with Crippen LogP contribution in [0.1, 0.15) is 25.3 Å². The second kappa shape index (κ2) is 8.48. The maximum absolute atomic E-state index is 13.3. The first-order valence-corrected chi connectivity index (χ1v) is 9.01. The number of pyridine rings is 1. The van der Waals surface area contributed by atoms with Crippen LogP contribution in [0, 0.1) is 6.57 Å². The molecule has 1 atom stereocenters. The number of methoxy groups -OCH3 is 2. The van der Waals surface area contributed by atoms with Gasteiger partial charge in [-0.15, -0.1) is 0 Å². The van der Waals surface area contributed by atoms with Gasteiger partial charge in [0.25, 0.3) is 5.91 Å². The minimum Gasteiger partial charge on any atom is -0.495 e. The van der Waals surface area contributed by atoms with E-state index in [-0.39, 0.29) is 5.91 Å². The van der Waals surface area contributed by atoms with Gasteiger partial charge >= 0.3 is 0 Å². The van der Waals surface area contributed by atoms with E-state index < -0.39 is 5.92 Å². The number of nitrogens with zero attached hydrogens (tertiary/aromatic N) is 2. The lowest BCUT2D eigenvalue weighted by Gasteiger charge is -2.29. The molecule has 0 saturated carbocycles. The molecule has 1 aromatic heterocycles. The van der Waals surface area contributed by atoms with Crippen LogP contribution in [-0.4, -0.2) is 25.1 Å². The van der Waals surface area contributed by atoms with Crippen LogP contribution in [0.3, 0.4) is 0 Å². The Morgan fingerprint density at radius 1 is 1.14 bits per heavy atom. The van der Waals surface area contributed by atoms with E-state index in [1.165, 1.54) is 7.11 Å². The van der Waals surface area contributed by atoms with E-state index >= 15 is 0 Å². The van der Waals surface area contributed by atoms with Gasteiger partial charge in [-0.25, -0.2) is 9.83 Å². The molecule has 1 aromatic carbocycles. The van der Waals surface area contributed by atoms with Crippen molar-refractivity contribution < 1.29 is 14.3 Å². The molecular weight excluding hydrogens is 368 g/mol. The summed E-state index contributed by atoms with van der Waals surface area (Å²) in [6.45, 7) is 11.3. The summed E-state index contributed by atoms with van der Waals surface area (Å²) in [5, 5.41) is 6.06. The summed E-state index contributed by atoms with van der Waals surface area (Å²) in [7, 11) is 3.07. The van der Waals surface area contributed by atoms with Gasteiger partial charge < -0.3 is 20.1 Å². The van der Waals surface area contributed by atoms with Crippen LogP contribution < -0.4 is 20.1 Å². The minimum absolute atomic E-state index is 0.330. The Hall–Kier alpha value is -3.79. The average Bonchev–Trinajstić information content (AvgIpc) is 2.73. The minimum atomic E-state index is -0.605. The third-order valence-corrected chi connectivity index (χ3v) is 4.75. The number of carbonyl (C=O) groups is 1. The first-order chi connectivity index (χ1) is 14.0. The normalized spacial score (nSPS) is 16.0. The maximum atomic E-state index is 13.3. The molecule has 7 heteroatoms. The van der Waals surface area contributed by atoms with E-state index in [0.29, 0.717) is 45.5 Å². The second-order valence-electron chi connectivity index (χ2n) is 6.48. The first kappa shape index (κ1) is 20.0. The number of hydrogen-bond donors (Lipinski definition) is 2. The number of dihydropyridines is 1. The van der Waals surface area contributed by atoms with Gasteiger partial charge in [-0.05, 0) is 32.0 Å². The Kier molecular flexibility index (Phi) is 5.84. The molecule has 0 bridgehead atoms. The summed E-state index contributed by atoms with van der Waals surface area (Å²) in [5.74, 6) is -0.00425. The third kappa shape index (κ3) is 3.78. The highest BCUT2D eigenvalue weighted by Gasteiger charge is 2.36. The van der Waals surface area contributed by atoms with Crippen molar-refractivity contribution in [3.8, 4) is 11.6 Å². The summed E-state index contributed by atoms with van der Waals surface area (Å²) >= 11 is 0. The highest BCUT2D eigenvalue weighted by atomic mass is 16.5. The Balaban J connectivity index is 2.10. The summed E-state index contributed by atoms with van der Waals surface area (Å²) < 4.78 is 10.7. The SMILES string of the molecule is [C-]#[N+]C1=C(C)NC(C)=C(C(=O)Nc2ccccc2OC)C1c1cccnc1OC. The molecule has 1 aliphatic rings. The van der Waals surface area contributed by atoms with Crippen LogP contribution in [-0.2, 0) is 4.79 Å². The van der Waals surface area contributed by atoms with Gasteiger partial charge in [-0.3, -0.25) is 4.79 Å². The van der Waals surface area contributed by atoms with Gasteiger partial charge in [0.1, 0.15) is 5.75 Å². The molecule has 29 heavy (non-hydrogen) atoms. The van der Waals surface area contributed by atoms with Crippen LogP contribution in [0.15, 0.2) is 65.3 Å². The number of aromatic nitrogens is 1. The second-order valence-corrected chi connectivity index (χ2v) is 6.48. The highest BCUT2D eigenvalue weighted by Crippen LogP contribution is 2.42. The summed E-state index contributed by atoms with van der Waals surface area (Å²) in [6, 6.07) is 10.8. The van der Waals surface area contributed by atoms with Gasteiger partial charge in [0, 0.05) is 28.7 Å². The Morgan fingerprint density at radius 3 is 2.59 bits per heavy atom. The topological polar surface area (TPSA) is 76.8 Å². The standard InChI is InChI=1S/C22H22N4O3/c1-13-18(21(27)26-16-10-6-7-11-17(16)28-4)19(20(23-3)14(2)25-13)15-9-8-12-24-22(15)29-5/h6-12,19,25H,1-2,4-5H3,(H,26,27). The number of para-hydroxylation sites is 2. The van der Waals surface area contributed by atoms with E-state index in [1.54, 1.807) is 31.5 Å². The lowest BCUT2D eigenvalue weighted by Crippen LogP contribution is -2.30. The Labute approximate surface area is 169 Å². The van der Waals surface area contributed by atoms with E-state index in [2.05, 4.69) is 20.5 Å². The van der Waals surface area contributed by atoms with Crippen molar-refractivity contribution in [2.24, 2.45) is 0 Å². The fourth-order valence-corrected chi connectivity index (χ4v) is 3.47. The van der Waals surface area contributed by atoms with Crippen molar-refractivity contribution in [2.45, 2.75) is 19.8 Å². The molecule has 0 saturated heterocycles. The number of benzene rings is 1. The molecule has 148 valence electrons. The zero-order valence-electron chi connectivity index (χ0n) is 16.7. The summed E-state index contributed by atoms with van der Waals surface area (Å²) in [5.41, 5.74) is 3.42. The fraction of sp³-hybridized carbons (Fsp3) is 0.227. The van der Waals surface area contributed by atoms with Crippen LogP contribution >= 0.6 is 0 Å². The Bertz CT molecular complexity index is 1050. The lowest BCUT2D eigenvalue weighted by atomic mass is 9.84.